The first kappa shape index (κ1) is 12.0. The minimum absolute atomic E-state index is 0.223. The molecule has 84 valence electrons. The van der Waals surface area contributed by atoms with Crippen molar-refractivity contribution in [3.8, 4) is 0 Å². The Morgan fingerprint density at radius 3 is 2.80 bits per heavy atom. The number of carbonyl (C=O) groups is 1. The van der Waals surface area contributed by atoms with Crippen LogP contribution in [0.1, 0.15) is 30.1 Å². The van der Waals surface area contributed by atoms with Crippen LogP contribution in [-0.2, 0) is 6.54 Å². The average Bonchev–Trinajstić information content (AvgIpc) is 2.65. The zero-order chi connectivity index (χ0) is 11.3. The van der Waals surface area contributed by atoms with Crippen molar-refractivity contribution in [2.24, 2.45) is 0 Å². The maximum Gasteiger partial charge on any atom is 0.164 e. The molecule has 3 heteroatoms. The van der Waals surface area contributed by atoms with Gasteiger partial charge in [-0.2, -0.15) is 0 Å². The van der Waals surface area contributed by atoms with E-state index in [9.17, 15) is 4.79 Å². The third kappa shape index (κ3) is 3.88. The molecule has 0 bridgehead atoms. The Hall–Kier alpha value is -1.09. The molecule has 0 aliphatic rings. The van der Waals surface area contributed by atoms with Crippen LogP contribution in [0.3, 0.4) is 0 Å². The summed E-state index contributed by atoms with van der Waals surface area (Å²) in [6, 6.07) is 1.90. The predicted molar refractivity (Wildman–Crippen MR) is 62.2 cm³/mol. The van der Waals surface area contributed by atoms with Crippen LogP contribution >= 0.6 is 0 Å². The Balaban J connectivity index is 2.43. The molecule has 0 saturated heterocycles. The molecule has 0 aromatic carbocycles. The van der Waals surface area contributed by atoms with E-state index in [1.54, 1.807) is 0 Å². The molecule has 0 aliphatic carbocycles. The van der Waals surface area contributed by atoms with Crippen molar-refractivity contribution in [1.29, 1.82) is 0 Å². The van der Waals surface area contributed by atoms with E-state index >= 15 is 0 Å². The smallest absolute Gasteiger partial charge is 0.164 e. The van der Waals surface area contributed by atoms with Gasteiger partial charge in [0, 0.05) is 30.9 Å². The molecular formula is C12H20N2O. The summed E-state index contributed by atoms with van der Waals surface area (Å²) in [6.07, 6.45) is 5.63. The number of aryl methyl sites for hydroxylation is 1. The van der Waals surface area contributed by atoms with E-state index in [2.05, 4.69) is 23.6 Å². The topological polar surface area (TPSA) is 25.2 Å². The molecule has 0 fully saturated rings. The highest BCUT2D eigenvalue weighted by atomic mass is 16.1. The lowest BCUT2D eigenvalue weighted by Crippen LogP contribution is -2.14. The second kappa shape index (κ2) is 5.71. The summed E-state index contributed by atoms with van der Waals surface area (Å²) >= 11 is 0. The zero-order valence-corrected chi connectivity index (χ0v) is 9.86. The SMILES string of the molecule is CCC(=O)c1ccn(CCCN(C)C)c1. The molecule has 1 aromatic heterocycles. The minimum Gasteiger partial charge on any atom is -0.353 e. The Bertz CT molecular complexity index is 315. The first-order chi connectivity index (χ1) is 7.13. The van der Waals surface area contributed by atoms with Crippen LogP contribution in [0.25, 0.3) is 0 Å². The summed E-state index contributed by atoms with van der Waals surface area (Å²) < 4.78 is 2.09. The monoisotopic (exact) mass is 208 g/mol. The number of aromatic nitrogens is 1. The summed E-state index contributed by atoms with van der Waals surface area (Å²) in [7, 11) is 4.14. The molecule has 15 heavy (non-hydrogen) atoms. The molecule has 0 amide bonds. The Labute approximate surface area is 91.7 Å². The third-order valence-electron chi connectivity index (χ3n) is 2.42. The van der Waals surface area contributed by atoms with Crippen LogP contribution in [0.5, 0.6) is 0 Å². The van der Waals surface area contributed by atoms with Gasteiger partial charge in [-0.25, -0.2) is 0 Å². The van der Waals surface area contributed by atoms with Gasteiger partial charge in [0.25, 0.3) is 0 Å². The van der Waals surface area contributed by atoms with Crippen LogP contribution < -0.4 is 0 Å². The minimum atomic E-state index is 0.223. The van der Waals surface area contributed by atoms with Crippen molar-refractivity contribution in [2.45, 2.75) is 26.3 Å². The van der Waals surface area contributed by atoms with E-state index < -0.39 is 0 Å². The molecule has 0 aliphatic heterocycles. The molecule has 0 spiro atoms. The molecule has 0 atom stereocenters. The maximum atomic E-state index is 11.4. The van der Waals surface area contributed by atoms with E-state index in [0.717, 1.165) is 25.1 Å². The number of hydrogen-bond acceptors (Lipinski definition) is 2. The van der Waals surface area contributed by atoms with Crippen molar-refractivity contribution in [3.05, 3.63) is 24.0 Å². The van der Waals surface area contributed by atoms with Gasteiger partial charge in [-0.1, -0.05) is 6.92 Å². The van der Waals surface area contributed by atoms with Crippen LogP contribution in [0.2, 0.25) is 0 Å². The van der Waals surface area contributed by atoms with Gasteiger partial charge >= 0.3 is 0 Å². The summed E-state index contributed by atoms with van der Waals surface area (Å²) in [5.41, 5.74) is 0.836. The third-order valence-corrected chi connectivity index (χ3v) is 2.42. The second-order valence-corrected chi connectivity index (χ2v) is 4.07. The van der Waals surface area contributed by atoms with E-state index in [1.807, 2.05) is 25.4 Å². The van der Waals surface area contributed by atoms with Gasteiger partial charge in [-0.05, 0) is 33.1 Å². The fourth-order valence-corrected chi connectivity index (χ4v) is 1.52. The highest BCUT2D eigenvalue weighted by Crippen LogP contribution is 2.05. The second-order valence-electron chi connectivity index (χ2n) is 4.07. The predicted octanol–water partition coefficient (Wildman–Crippen LogP) is 2.03. The standard InChI is InChI=1S/C12H20N2O/c1-4-12(15)11-6-9-14(10-11)8-5-7-13(2)3/h6,9-10H,4-5,7-8H2,1-3H3. The van der Waals surface area contributed by atoms with Crippen LogP contribution in [0.4, 0.5) is 0 Å². The van der Waals surface area contributed by atoms with Gasteiger partial charge in [0.05, 0.1) is 0 Å². The fourth-order valence-electron chi connectivity index (χ4n) is 1.52. The van der Waals surface area contributed by atoms with E-state index in [-0.39, 0.29) is 5.78 Å². The number of hydrogen-bond donors (Lipinski definition) is 0. The Morgan fingerprint density at radius 1 is 1.47 bits per heavy atom. The summed E-state index contributed by atoms with van der Waals surface area (Å²) in [5, 5.41) is 0. The lowest BCUT2D eigenvalue weighted by molar-refractivity contribution is 0.0988. The Morgan fingerprint density at radius 2 is 2.20 bits per heavy atom. The average molecular weight is 208 g/mol. The molecule has 1 aromatic rings. The number of carbonyl (C=O) groups excluding carboxylic acids is 1. The van der Waals surface area contributed by atoms with Crippen molar-refractivity contribution < 1.29 is 4.79 Å². The molecule has 0 unspecified atom stereocenters. The normalized spacial score (nSPS) is 10.9. The highest BCUT2D eigenvalue weighted by Gasteiger charge is 2.04. The maximum absolute atomic E-state index is 11.4. The van der Waals surface area contributed by atoms with Crippen molar-refractivity contribution in [1.82, 2.24) is 9.47 Å². The highest BCUT2D eigenvalue weighted by molar-refractivity contribution is 5.95. The molecule has 0 N–H and O–H groups in total. The number of rotatable bonds is 6. The Kier molecular flexibility index (Phi) is 4.56. The van der Waals surface area contributed by atoms with Gasteiger partial charge in [0.15, 0.2) is 5.78 Å². The van der Waals surface area contributed by atoms with Gasteiger partial charge in [0.2, 0.25) is 0 Å². The molecule has 1 rings (SSSR count). The fraction of sp³-hybridized carbons (Fsp3) is 0.583. The largest absolute Gasteiger partial charge is 0.353 e. The van der Waals surface area contributed by atoms with E-state index in [4.69, 9.17) is 0 Å². The van der Waals surface area contributed by atoms with Crippen LogP contribution in [0, 0.1) is 0 Å². The van der Waals surface area contributed by atoms with Gasteiger partial charge in [-0.15, -0.1) is 0 Å². The molecule has 3 nitrogen and oxygen atoms in total. The molecule has 0 radical (unpaired) electrons. The quantitative estimate of drug-likeness (QED) is 0.668. The van der Waals surface area contributed by atoms with Crippen LogP contribution in [-0.4, -0.2) is 35.9 Å². The number of nitrogens with zero attached hydrogens (tertiary/aromatic N) is 2. The first-order valence-corrected chi connectivity index (χ1v) is 5.47. The molecule has 1 heterocycles. The summed E-state index contributed by atoms with van der Waals surface area (Å²) in [4.78, 5) is 13.6. The van der Waals surface area contributed by atoms with Gasteiger partial charge in [-0.3, -0.25) is 4.79 Å². The zero-order valence-electron chi connectivity index (χ0n) is 9.86. The first-order valence-electron chi connectivity index (χ1n) is 5.47. The van der Waals surface area contributed by atoms with E-state index in [1.165, 1.54) is 0 Å². The van der Waals surface area contributed by atoms with Gasteiger partial charge in [0.1, 0.15) is 0 Å². The van der Waals surface area contributed by atoms with Crippen molar-refractivity contribution in [2.75, 3.05) is 20.6 Å². The van der Waals surface area contributed by atoms with Gasteiger partial charge < -0.3 is 9.47 Å². The molecule has 0 saturated carbocycles. The van der Waals surface area contributed by atoms with Crippen LogP contribution in [0.15, 0.2) is 18.5 Å². The lowest BCUT2D eigenvalue weighted by Gasteiger charge is -2.09. The van der Waals surface area contributed by atoms with E-state index in [0.29, 0.717) is 6.42 Å². The number of ketones is 1. The van der Waals surface area contributed by atoms with Crippen molar-refractivity contribution >= 4 is 5.78 Å². The summed E-state index contributed by atoms with van der Waals surface area (Å²) in [6.45, 7) is 3.95. The van der Waals surface area contributed by atoms with Crippen molar-refractivity contribution in [3.63, 3.8) is 0 Å². The molecular weight excluding hydrogens is 188 g/mol. The summed E-state index contributed by atoms with van der Waals surface area (Å²) in [5.74, 6) is 0.223. The lowest BCUT2D eigenvalue weighted by atomic mass is 10.2. The number of Topliss-reactive ketones (excluding diaryl/α,β-unsaturated/α-hetero) is 1.